The van der Waals surface area contributed by atoms with Crippen LogP contribution in [0.3, 0.4) is 0 Å². The van der Waals surface area contributed by atoms with Crippen molar-refractivity contribution in [2.75, 3.05) is 34.8 Å². The van der Waals surface area contributed by atoms with Crippen LogP contribution in [0.4, 0.5) is 11.4 Å². The van der Waals surface area contributed by atoms with E-state index in [4.69, 9.17) is 5.73 Å². The number of piperidine rings is 1. The Labute approximate surface area is 136 Å². The predicted molar refractivity (Wildman–Crippen MR) is 94.5 cm³/mol. The van der Waals surface area contributed by atoms with Crippen LogP contribution in [0, 0.1) is 5.92 Å². The van der Waals surface area contributed by atoms with Gasteiger partial charge >= 0.3 is 0 Å². The molecular formula is C17H25N3OS. The van der Waals surface area contributed by atoms with E-state index in [1.54, 1.807) is 0 Å². The van der Waals surface area contributed by atoms with E-state index in [9.17, 15) is 4.79 Å². The van der Waals surface area contributed by atoms with Crippen molar-refractivity contribution in [2.24, 2.45) is 11.7 Å². The number of rotatable bonds is 4. The lowest BCUT2D eigenvalue weighted by Gasteiger charge is -2.34. The highest BCUT2D eigenvalue weighted by Gasteiger charge is 2.24. The largest absolute Gasteiger partial charge is 0.380 e. The van der Waals surface area contributed by atoms with Crippen LogP contribution < -0.4 is 16.0 Å². The molecule has 0 bridgehead atoms. The summed E-state index contributed by atoms with van der Waals surface area (Å²) in [6, 6.07) is 9.12. The lowest BCUT2D eigenvalue weighted by molar-refractivity contribution is -0.122. The Bertz CT molecular complexity index is 508. The van der Waals surface area contributed by atoms with Gasteiger partial charge in [0.15, 0.2) is 0 Å². The highest BCUT2D eigenvalue weighted by atomic mass is 32.2. The Kier molecular flexibility index (Phi) is 5.13. The quantitative estimate of drug-likeness (QED) is 0.896. The van der Waals surface area contributed by atoms with Crippen molar-refractivity contribution in [1.82, 2.24) is 0 Å². The van der Waals surface area contributed by atoms with Crippen LogP contribution >= 0.6 is 11.8 Å². The van der Waals surface area contributed by atoms with Crippen molar-refractivity contribution < 1.29 is 4.79 Å². The Balaban J connectivity index is 1.67. The molecule has 0 unspecified atom stereocenters. The number of nitrogens with one attached hydrogen (secondary N) is 1. The molecule has 3 N–H and O–H groups in total. The number of carbonyl (C=O) groups is 1. The van der Waals surface area contributed by atoms with Gasteiger partial charge in [0, 0.05) is 30.8 Å². The van der Waals surface area contributed by atoms with Gasteiger partial charge < -0.3 is 16.0 Å². The molecule has 0 spiro atoms. The molecule has 5 heteroatoms. The van der Waals surface area contributed by atoms with Gasteiger partial charge in [-0.1, -0.05) is 12.1 Å². The lowest BCUT2D eigenvalue weighted by Crippen LogP contribution is -2.39. The molecule has 0 saturated carbocycles. The van der Waals surface area contributed by atoms with Crippen LogP contribution in [0.25, 0.3) is 0 Å². The molecule has 1 atom stereocenters. The van der Waals surface area contributed by atoms with Crippen molar-refractivity contribution in [3.8, 4) is 0 Å². The Morgan fingerprint density at radius 1 is 1.23 bits per heavy atom. The van der Waals surface area contributed by atoms with Crippen LogP contribution in [-0.2, 0) is 4.79 Å². The second-order valence-corrected chi connectivity index (χ2v) is 7.39. The molecular weight excluding hydrogens is 294 g/mol. The molecule has 3 rings (SSSR count). The number of nitrogens with two attached hydrogens (primary N) is 1. The molecule has 0 aromatic heterocycles. The maximum atomic E-state index is 11.3. The predicted octanol–water partition coefficient (Wildman–Crippen LogP) is 2.70. The third kappa shape index (κ3) is 3.69. The van der Waals surface area contributed by atoms with Gasteiger partial charge in [0.05, 0.1) is 11.4 Å². The van der Waals surface area contributed by atoms with Gasteiger partial charge in [-0.15, -0.1) is 0 Å². The summed E-state index contributed by atoms with van der Waals surface area (Å²) in [4.78, 5) is 13.7. The molecule has 2 fully saturated rings. The lowest BCUT2D eigenvalue weighted by atomic mass is 9.96. The van der Waals surface area contributed by atoms with E-state index in [1.807, 2.05) is 11.8 Å². The average Bonchev–Trinajstić information content (AvgIpc) is 2.56. The van der Waals surface area contributed by atoms with Crippen LogP contribution in [0.5, 0.6) is 0 Å². The summed E-state index contributed by atoms with van der Waals surface area (Å²) in [6.07, 6.45) is 4.28. The number of hydrogen-bond donors (Lipinski definition) is 2. The fourth-order valence-electron chi connectivity index (χ4n) is 3.35. The summed E-state index contributed by atoms with van der Waals surface area (Å²) in [5, 5.41) is 3.73. The molecule has 2 heterocycles. The number of benzene rings is 1. The summed E-state index contributed by atoms with van der Waals surface area (Å²) >= 11 is 2.04. The van der Waals surface area contributed by atoms with E-state index in [-0.39, 0.29) is 11.8 Å². The van der Waals surface area contributed by atoms with Crippen LogP contribution in [0.15, 0.2) is 24.3 Å². The molecule has 0 radical (unpaired) electrons. The smallest absolute Gasteiger partial charge is 0.220 e. The summed E-state index contributed by atoms with van der Waals surface area (Å²) in [6.45, 7) is 1.82. The third-order valence-electron chi connectivity index (χ3n) is 4.66. The number of nitrogens with zero attached hydrogens (tertiary/aromatic N) is 1. The topological polar surface area (TPSA) is 58.4 Å². The van der Waals surface area contributed by atoms with Gasteiger partial charge in [-0.2, -0.15) is 11.8 Å². The Morgan fingerprint density at radius 2 is 2.00 bits per heavy atom. The van der Waals surface area contributed by atoms with Gasteiger partial charge in [-0.3, -0.25) is 4.79 Å². The van der Waals surface area contributed by atoms with Crippen molar-refractivity contribution >= 4 is 29.0 Å². The van der Waals surface area contributed by atoms with E-state index in [0.717, 1.165) is 25.9 Å². The SMILES string of the molecule is NC(=O)C1CCN(c2ccccc2N[C@H]2CCCSC2)CC1. The second-order valence-electron chi connectivity index (χ2n) is 6.24. The maximum Gasteiger partial charge on any atom is 0.220 e. The molecule has 2 aliphatic rings. The van der Waals surface area contributed by atoms with Crippen LogP contribution in [0.2, 0.25) is 0 Å². The van der Waals surface area contributed by atoms with Gasteiger partial charge in [0.1, 0.15) is 0 Å². The second kappa shape index (κ2) is 7.27. The van der Waals surface area contributed by atoms with E-state index >= 15 is 0 Å². The minimum absolute atomic E-state index is 0.0473. The summed E-state index contributed by atoms with van der Waals surface area (Å²) in [5.41, 5.74) is 7.93. The minimum Gasteiger partial charge on any atom is -0.380 e. The van der Waals surface area contributed by atoms with E-state index in [0.29, 0.717) is 6.04 Å². The van der Waals surface area contributed by atoms with Gasteiger partial charge in [-0.25, -0.2) is 0 Å². The van der Waals surface area contributed by atoms with Crippen LogP contribution in [0.1, 0.15) is 25.7 Å². The molecule has 1 aromatic rings. The van der Waals surface area contributed by atoms with Crippen molar-refractivity contribution in [2.45, 2.75) is 31.7 Å². The van der Waals surface area contributed by atoms with E-state index in [2.05, 4.69) is 34.5 Å². The number of carbonyl (C=O) groups excluding carboxylic acids is 1. The minimum atomic E-state index is -0.148. The Hall–Kier alpha value is -1.36. The number of para-hydroxylation sites is 2. The fraction of sp³-hybridized carbons (Fsp3) is 0.588. The number of primary amides is 1. The molecule has 1 amide bonds. The van der Waals surface area contributed by atoms with Crippen molar-refractivity contribution in [3.05, 3.63) is 24.3 Å². The van der Waals surface area contributed by atoms with Gasteiger partial charge in [-0.05, 0) is 43.6 Å². The highest BCUT2D eigenvalue weighted by Crippen LogP contribution is 2.31. The van der Waals surface area contributed by atoms with E-state index in [1.165, 1.54) is 35.7 Å². The first-order valence-corrected chi connectivity index (χ1v) is 9.37. The monoisotopic (exact) mass is 319 g/mol. The molecule has 22 heavy (non-hydrogen) atoms. The zero-order valence-electron chi connectivity index (χ0n) is 13.0. The zero-order valence-corrected chi connectivity index (χ0v) is 13.8. The van der Waals surface area contributed by atoms with Gasteiger partial charge in [0.25, 0.3) is 0 Å². The molecule has 2 saturated heterocycles. The first-order chi connectivity index (χ1) is 10.7. The van der Waals surface area contributed by atoms with Crippen LogP contribution in [-0.4, -0.2) is 36.5 Å². The molecule has 1 aromatic carbocycles. The first-order valence-electron chi connectivity index (χ1n) is 8.21. The van der Waals surface area contributed by atoms with E-state index < -0.39 is 0 Å². The number of amides is 1. The molecule has 4 nitrogen and oxygen atoms in total. The molecule has 2 aliphatic heterocycles. The zero-order chi connectivity index (χ0) is 15.4. The van der Waals surface area contributed by atoms with Gasteiger partial charge in [0.2, 0.25) is 5.91 Å². The van der Waals surface area contributed by atoms with Crippen molar-refractivity contribution in [3.63, 3.8) is 0 Å². The number of anilines is 2. The summed E-state index contributed by atoms with van der Waals surface area (Å²) < 4.78 is 0. The summed E-state index contributed by atoms with van der Waals surface area (Å²) in [7, 11) is 0. The number of hydrogen-bond acceptors (Lipinski definition) is 4. The molecule has 0 aliphatic carbocycles. The normalized spacial score (nSPS) is 23.3. The third-order valence-corrected chi connectivity index (χ3v) is 5.88. The number of thioether (sulfide) groups is 1. The fourth-order valence-corrected chi connectivity index (χ4v) is 4.42. The van der Waals surface area contributed by atoms with Crippen molar-refractivity contribution in [1.29, 1.82) is 0 Å². The average molecular weight is 319 g/mol. The molecule has 120 valence electrons. The first kappa shape index (κ1) is 15.5. The maximum absolute atomic E-state index is 11.3. The summed E-state index contributed by atoms with van der Waals surface area (Å²) in [5.74, 6) is 2.38. The Morgan fingerprint density at radius 3 is 2.68 bits per heavy atom. The standard InChI is InChI=1S/C17H25N3OS/c18-17(21)13-7-9-20(10-8-13)16-6-2-1-5-15(16)19-14-4-3-11-22-12-14/h1-2,5-6,13-14,19H,3-4,7-12H2,(H2,18,21)/t14-/m0/s1. The highest BCUT2D eigenvalue weighted by molar-refractivity contribution is 7.99.